The molecule has 2 aliphatic heterocycles. The van der Waals surface area contributed by atoms with Gasteiger partial charge < -0.3 is 20.1 Å². The summed E-state index contributed by atoms with van der Waals surface area (Å²) in [4.78, 5) is 36.4. The van der Waals surface area contributed by atoms with Gasteiger partial charge in [0.15, 0.2) is 0 Å². The van der Waals surface area contributed by atoms with Crippen LogP contribution < -0.4 is 5.32 Å². The molecule has 7 nitrogen and oxygen atoms in total. The highest BCUT2D eigenvalue weighted by molar-refractivity contribution is 5.78. The van der Waals surface area contributed by atoms with E-state index < -0.39 is 0 Å². The molecule has 0 spiro atoms. The van der Waals surface area contributed by atoms with E-state index in [4.69, 9.17) is 0 Å². The third-order valence-corrected chi connectivity index (χ3v) is 5.53. The number of nitrogens with one attached hydrogen (secondary N) is 2. The summed E-state index contributed by atoms with van der Waals surface area (Å²) >= 11 is 0. The summed E-state index contributed by atoms with van der Waals surface area (Å²) < 4.78 is 0. The number of hydrogen-bond acceptors (Lipinski definition) is 3. The van der Waals surface area contributed by atoms with Crippen molar-refractivity contribution in [3.05, 3.63) is 30.1 Å². The number of likely N-dealkylation sites (tertiary alicyclic amines) is 2. The number of hydrogen-bond donors (Lipinski definition) is 2. The minimum atomic E-state index is 0.0553. The van der Waals surface area contributed by atoms with Gasteiger partial charge in [-0.1, -0.05) is 12.1 Å². The Morgan fingerprint density at radius 2 is 1.78 bits per heavy atom. The van der Waals surface area contributed by atoms with E-state index in [9.17, 15) is 9.59 Å². The van der Waals surface area contributed by atoms with Crippen LogP contribution in [0.4, 0.5) is 4.79 Å². The first-order chi connectivity index (χ1) is 13.2. The molecule has 0 aliphatic carbocycles. The lowest BCUT2D eigenvalue weighted by Crippen LogP contribution is -2.50. The molecule has 27 heavy (non-hydrogen) atoms. The van der Waals surface area contributed by atoms with Gasteiger partial charge in [0, 0.05) is 45.1 Å². The minimum absolute atomic E-state index is 0.0553. The molecule has 3 heterocycles. The summed E-state index contributed by atoms with van der Waals surface area (Å²) in [7, 11) is 0. The molecule has 2 fully saturated rings. The number of amides is 3. The fourth-order valence-electron chi connectivity index (χ4n) is 3.98. The van der Waals surface area contributed by atoms with E-state index in [1.807, 2.05) is 34.1 Å². The van der Waals surface area contributed by atoms with Crippen LogP contribution in [0.25, 0.3) is 11.0 Å². The Labute approximate surface area is 159 Å². The molecule has 3 amide bonds. The predicted octanol–water partition coefficient (Wildman–Crippen LogP) is 2.29. The Balaban J connectivity index is 1.20. The van der Waals surface area contributed by atoms with Crippen LogP contribution in [0.3, 0.4) is 0 Å². The zero-order valence-electron chi connectivity index (χ0n) is 15.6. The van der Waals surface area contributed by atoms with E-state index in [-0.39, 0.29) is 18.0 Å². The number of imidazole rings is 1. The van der Waals surface area contributed by atoms with Gasteiger partial charge in [-0.3, -0.25) is 4.79 Å². The molecule has 1 aromatic carbocycles. The second-order valence-corrected chi connectivity index (χ2v) is 7.51. The summed E-state index contributed by atoms with van der Waals surface area (Å²) in [6, 6.07) is 8.21. The van der Waals surface area contributed by atoms with E-state index in [0.29, 0.717) is 12.8 Å². The maximum atomic E-state index is 12.4. The van der Waals surface area contributed by atoms with E-state index in [1.54, 1.807) is 0 Å². The van der Waals surface area contributed by atoms with Gasteiger partial charge in [-0.15, -0.1) is 0 Å². The predicted molar refractivity (Wildman–Crippen MR) is 103 cm³/mol. The van der Waals surface area contributed by atoms with E-state index in [0.717, 1.165) is 68.7 Å². The molecule has 4 rings (SSSR count). The Morgan fingerprint density at radius 3 is 2.52 bits per heavy atom. The average Bonchev–Trinajstić information content (AvgIpc) is 3.36. The highest BCUT2D eigenvalue weighted by Gasteiger charge is 2.28. The number of aryl methyl sites for hydroxylation is 1. The number of aromatic nitrogens is 2. The second kappa shape index (κ2) is 7.98. The number of para-hydroxylation sites is 2. The highest BCUT2D eigenvalue weighted by Crippen LogP contribution is 2.16. The van der Waals surface area contributed by atoms with Gasteiger partial charge in [-0.25, -0.2) is 9.78 Å². The molecule has 0 radical (unpaired) electrons. The number of carbonyl (C=O) groups is 2. The fourth-order valence-corrected chi connectivity index (χ4v) is 3.98. The first-order valence-corrected chi connectivity index (χ1v) is 9.96. The molecule has 0 bridgehead atoms. The number of carbonyl (C=O) groups excluding carboxylic acids is 2. The van der Waals surface area contributed by atoms with Gasteiger partial charge in [0.25, 0.3) is 0 Å². The average molecular weight is 369 g/mol. The van der Waals surface area contributed by atoms with Crippen LogP contribution in [0.5, 0.6) is 0 Å². The quantitative estimate of drug-likeness (QED) is 0.868. The van der Waals surface area contributed by atoms with Crippen molar-refractivity contribution < 1.29 is 9.59 Å². The standard InChI is InChI=1S/C20H27N5O2/c26-19(8-7-18-22-16-5-1-2-6-17(16)23-18)21-15-9-13-25(14-10-15)20(27)24-11-3-4-12-24/h1-2,5-6,15H,3-4,7-14H2,(H,21,26)(H,22,23). The maximum Gasteiger partial charge on any atom is 0.319 e. The highest BCUT2D eigenvalue weighted by atomic mass is 16.2. The molecule has 144 valence electrons. The number of aromatic amines is 1. The number of benzene rings is 1. The molecule has 2 saturated heterocycles. The van der Waals surface area contributed by atoms with Crippen LogP contribution in [-0.2, 0) is 11.2 Å². The molecular formula is C20H27N5O2. The molecule has 0 atom stereocenters. The van der Waals surface area contributed by atoms with Crippen molar-refractivity contribution >= 4 is 23.0 Å². The van der Waals surface area contributed by atoms with Crippen LogP contribution in [0.1, 0.15) is 37.9 Å². The number of fused-ring (bicyclic) bond motifs is 1. The van der Waals surface area contributed by atoms with Crippen molar-refractivity contribution in [3.63, 3.8) is 0 Å². The monoisotopic (exact) mass is 369 g/mol. The smallest absolute Gasteiger partial charge is 0.319 e. The first kappa shape index (κ1) is 17.8. The molecule has 0 saturated carbocycles. The van der Waals surface area contributed by atoms with Crippen molar-refractivity contribution in [2.75, 3.05) is 26.2 Å². The van der Waals surface area contributed by atoms with E-state index >= 15 is 0 Å². The van der Waals surface area contributed by atoms with Crippen molar-refractivity contribution in [1.29, 1.82) is 0 Å². The topological polar surface area (TPSA) is 81.3 Å². The maximum absolute atomic E-state index is 12.4. The first-order valence-electron chi connectivity index (χ1n) is 9.96. The summed E-state index contributed by atoms with van der Waals surface area (Å²) in [5.74, 6) is 0.900. The minimum Gasteiger partial charge on any atom is -0.353 e. The summed E-state index contributed by atoms with van der Waals surface area (Å²) in [5, 5.41) is 3.12. The summed E-state index contributed by atoms with van der Waals surface area (Å²) in [5.41, 5.74) is 1.94. The number of nitrogens with zero attached hydrogens (tertiary/aromatic N) is 3. The largest absolute Gasteiger partial charge is 0.353 e. The van der Waals surface area contributed by atoms with Crippen molar-refractivity contribution in [2.45, 2.75) is 44.6 Å². The summed E-state index contributed by atoms with van der Waals surface area (Å²) in [6.45, 7) is 3.22. The Bertz CT molecular complexity index is 771. The normalized spacial score (nSPS) is 18.2. The van der Waals surface area contributed by atoms with Gasteiger partial charge in [-0.2, -0.15) is 0 Å². The lowest BCUT2D eigenvalue weighted by atomic mass is 10.0. The van der Waals surface area contributed by atoms with Gasteiger partial charge in [0.05, 0.1) is 11.0 Å². The fraction of sp³-hybridized carbons (Fsp3) is 0.550. The molecule has 1 aromatic heterocycles. The van der Waals surface area contributed by atoms with Crippen LogP contribution in [0, 0.1) is 0 Å². The zero-order chi connectivity index (χ0) is 18.6. The van der Waals surface area contributed by atoms with Crippen molar-refractivity contribution in [1.82, 2.24) is 25.1 Å². The van der Waals surface area contributed by atoms with Crippen LogP contribution in [-0.4, -0.2) is 63.9 Å². The third-order valence-electron chi connectivity index (χ3n) is 5.53. The van der Waals surface area contributed by atoms with Gasteiger partial charge >= 0.3 is 6.03 Å². The van der Waals surface area contributed by atoms with Gasteiger partial charge in [-0.05, 0) is 37.8 Å². The molecule has 7 heteroatoms. The second-order valence-electron chi connectivity index (χ2n) is 7.51. The summed E-state index contributed by atoms with van der Waals surface area (Å²) in [6.07, 6.45) is 4.92. The van der Waals surface area contributed by atoms with Crippen LogP contribution in [0.2, 0.25) is 0 Å². The third kappa shape index (κ3) is 4.23. The van der Waals surface area contributed by atoms with E-state index in [2.05, 4.69) is 15.3 Å². The molecule has 2 aromatic rings. The zero-order valence-corrected chi connectivity index (χ0v) is 15.6. The van der Waals surface area contributed by atoms with Gasteiger partial charge in [0.1, 0.15) is 5.82 Å². The van der Waals surface area contributed by atoms with Crippen LogP contribution in [0.15, 0.2) is 24.3 Å². The number of H-pyrrole nitrogens is 1. The van der Waals surface area contributed by atoms with Crippen molar-refractivity contribution in [2.24, 2.45) is 0 Å². The van der Waals surface area contributed by atoms with E-state index in [1.165, 1.54) is 0 Å². The number of piperidine rings is 1. The Morgan fingerprint density at radius 1 is 1.07 bits per heavy atom. The lowest BCUT2D eigenvalue weighted by molar-refractivity contribution is -0.122. The lowest BCUT2D eigenvalue weighted by Gasteiger charge is -2.34. The SMILES string of the molecule is O=C(CCc1nc2ccccc2[nH]1)NC1CCN(C(=O)N2CCCC2)CC1. The number of rotatable bonds is 4. The molecular weight excluding hydrogens is 342 g/mol. The molecule has 2 N–H and O–H groups in total. The number of urea groups is 1. The molecule has 2 aliphatic rings. The Hall–Kier alpha value is -2.57. The van der Waals surface area contributed by atoms with Crippen LogP contribution >= 0.6 is 0 Å². The Kier molecular flexibility index (Phi) is 5.27. The molecule has 0 unspecified atom stereocenters. The van der Waals surface area contributed by atoms with Gasteiger partial charge in [0.2, 0.25) is 5.91 Å². The van der Waals surface area contributed by atoms with Crippen molar-refractivity contribution in [3.8, 4) is 0 Å².